The summed E-state index contributed by atoms with van der Waals surface area (Å²) in [5.74, 6) is -0.0573. The van der Waals surface area contributed by atoms with Gasteiger partial charge in [0.05, 0.1) is 17.7 Å². The minimum atomic E-state index is -3.86. The highest BCUT2D eigenvalue weighted by molar-refractivity contribution is 7.87. The van der Waals surface area contributed by atoms with E-state index in [9.17, 15) is 13.2 Å². The van der Waals surface area contributed by atoms with E-state index in [2.05, 4.69) is 10.3 Å². The molecule has 4 aromatic rings. The summed E-state index contributed by atoms with van der Waals surface area (Å²) in [5, 5.41) is 5.22. The van der Waals surface area contributed by atoms with E-state index in [1.54, 1.807) is 36.5 Å². The fourth-order valence-corrected chi connectivity index (χ4v) is 5.30. The molecule has 3 aromatic carbocycles. The molecule has 0 spiro atoms. The average Bonchev–Trinajstić information content (AvgIpc) is 3.27. The van der Waals surface area contributed by atoms with Crippen LogP contribution in [-0.2, 0) is 14.3 Å². The quantitative estimate of drug-likeness (QED) is 0.211. The molecule has 1 heterocycles. The number of anilines is 1. The van der Waals surface area contributed by atoms with E-state index in [0.717, 1.165) is 10.9 Å². The predicted octanol–water partition coefficient (Wildman–Crippen LogP) is 5.04. The summed E-state index contributed by atoms with van der Waals surface area (Å²) >= 11 is 1.28. The number of hydrogen-bond acceptors (Lipinski definition) is 7. The lowest BCUT2D eigenvalue weighted by Gasteiger charge is -2.09. The lowest BCUT2D eigenvalue weighted by Crippen LogP contribution is -2.11. The Hall–Kier alpha value is -3.07. The molecule has 0 saturated carbocycles. The Balaban J connectivity index is 1.31. The number of hydrogen-bond donors (Lipinski definition) is 1. The van der Waals surface area contributed by atoms with Crippen LogP contribution in [0.25, 0.3) is 10.8 Å². The first-order valence-corrected chi connectivity index (χ1v) is 12.4. The second kappa shape index (κ2) is 9.60. The number of fused-ring (bicyclic) bond motifs is 1. The van der Waals surface area contributed by atoms with Gasteiger partial charge in [0.2, 0.25) is 5.78 Å². The van der Waals surface area contributed by atoms with Crippen LogP contribution in [0.1, 0.15) is 27.2 Å². The number of nitrogens with one attached hydrogen (secondary N) is 1. The molecule has 0 atom stereocenters. The molecule has 0 radical (unpaired) electrons. The monoisotopic (exact) mass is 466 g/mol. The Morgan fingerprint density at radius 1 is 1.03 bits per heavy atom. The molecule has 0 unspecified atom stereocenters. The highest BCUT2D eigenvalue weighted by atomic mass is 32.2. The molecule has 164 valence electrons. The van der Waals surface area contributed by atoms with E-state index in [4.69, 9.17) is 4.18 Å². The van der Waals surface area contributed by atoms with Gasteiger partial charge in [-0.1, -0.05) is 72.0 Å². The van der Waals surface area contributed by atoms with Crippen LogP contribution in [0.4, 0.5) is 5.13 Å². The number of carbonyl (C=O) groups excluding carboxylic acids is 1. The van der Waals surface area contributed by atoms with Gasteiger partial charge in [0.1, 0.15) is 4.90 Å². The van der Waals surface area contributed by atoms with Crippen LogP contribution in [-0.4, -0.2) is 32.3 Å². The Bertz CT molecular complexity index is 1360. The minimum absolute atomic E-state index is 0.0406. The summed E-state index contributed by atoms with van der Waals surface area (Å²) in [5.41, 5.74) is 1.58. The molecule has 4 rings (SSSR count). The van der Waals surface area contributed by atoms with Gasteiger partial charge in [0.15, 0.2) is 5.13 Å². The summed E-state index contributed by atoms with van der Waals surface area (Å²) in [6.07, 6.45) is 2.02. The van der Waals surface area contributed by atoms with Crippen molar-refractivity contribution >= 4 is 43.1 Å². The van der Waals surface area contributed by atoms with Crippen molar-refractivity contribution < 1.29 is 17.4 Å². The van der Waals surface area contributed by atoms with E-state index < -0.39 is 10.1 Å². The average molecular weight is 467 g/mol. The van der Waals surface area contributed by atoms with Gasteiger partial charge in [-0.2, -0.15) is 8.42 Å². The molecule has 0 aliphatic heterocycles. The number of ketones is 1. The number of thiazole rings is 1. The van der Waals surface area contributed by atoms with E-state index in [1.165, 1.54) is 11.3 Å². The predicted molar refractivity (Wildman–Crippen MR) is 127 cm³/mol. The molecule has 0 aliphatic rings. The smallest absolute Gasteiger partial charge is 0.297 e. The zero-order chi connectivity index (χ0) is 22.6. The molecule has 0 saturated heterocycles. The van der Waals surface area contributed by atoms with Crippen LogP contribution >= 0.6 is 11.3 Å². The summed E-state index contributed by atoms with van der Waals surface area (Å²) in [7, 11) is -3.86. The molecule has 0 aliphatic carbocycles. The van der Waals surface area contributed by atoms with Gasteiger partial charge in [-0.3, -0.25) is 8.98 Å². The molecular weight excluding hydrogens is 444 g/mol. The van der Waals surface area contributed by atoms with Crippen molar-refractivity contribution in [2.75, 3.05) is 18.5 Å². The SMILES string of the molecule is Cc1ccccc1C(=O)c1cnc(NCCCOS(=O)(=O)c2cccc3ccccc23)s1. The third-order valence-electron chi connectivity index (χ3n) is 4.97. The van der Waals surface area contributed by atoms with E-state index in [0.29, 0.717) is 33.9 Å². The number of rotatable bonds is 9. The van der Waals surface area contributed by atoms with Crippen LogP contribution in [0, 0.1) is 6.92 Å². The number of carbonyl (C=O) groups is 1. The summed E-state index contributed by atoms with van der Waals surface area (Å²) in [6, 6.07) is 19.9. The van der Waals surface area contributed by atoms with Crippen LogP contribution in [0.5, 0.6) is 0 Å². The van der Waals surface area contributed by atoms with Crippen molar-refractivity contribution in [2.24, 2.45) is 0 Å². The standard InChI is InChI=1S/C24H22N2O4S2/c1-17-8-2-4-11-19(17)23(27)21-16-26-24(31-21)25-14-7-15-30-32(28,29)22-13-6-10-18-9-3-5-12-20(18)22/h2-6,8-13,16H,7,14-15H2,1H3,(H,25,26). The van der Waals surface area contributed by atoms with Crippen molar-refractivity contribution in [1.82, 2.24) is 4.98 Å². The highest BCUT2D eigenvalue weighted by Crippen LogP contribution is 2.25. The van der Waals surface area contributed by atoms with Gasteiger partial charge in [-0.15, -0.1) is 0 Å². The van der Waals surface area contributed by atoms with Gasteiger partial charge in [-0.25, -0.2) is 4.98 Å². The Morgan fingerprint density at radius 3 is 2.62 bits per heavy atom. The molecule has 1 N–H and O–H groups in total. The first-order valence-electron chi connectivity index (χ1n) is 10.1. The first-order chi connectivity index (χ1) is 15.5. The van der Waals surface area contributed by atoms with Crippen molar-refractivity contribution in [1.29, 1.82) is 0 Å². The zero-order valence-electron chi connectivity index (χ0n) is 17.4. The number of aromatic nitrogens is 1. The molecule has 0 fully saturated rings. The summed E-state index contributed by atoms with van der Waals surface area (Å²) in [4.78, 5) is 17.6. The topological polar surface area (TPSA) is 85.4 Å². The number of aryl methyl sites for hydroxylation is 1. The molecule has 8 heteroatoms. The Morgan fingerprint density at radius 2 is 1.78 bits per heavy atom. The Kier molecular flexibility index (Phi) is 6.64. The first kappa shape index (κ1) is 22.1. The minimum Gasteiger partial charge on any atom is -0.361 e. The van der Waals surface area contributed by atoms with Gasteiger partial charge < -0.3 is 5.32 Å². The summed E-state index contributed by atoms with van der Waals surface area (Å²) < 4.78 is 30.5. The van der Waals surface area contributed by atoms with Crippen LogP contribution in [0.3, 0.4) is 0 Å². The van der Waals surface area contributed by atoms with E-state index in [1.807, 2.05) is 43.3 Å². The van der Waals surface area contributed by atoms with Gasteiger partial charge in [0, 0.05) is 17.5 Å². The molecule has 32 heavy (non-hydrogen) atoms. The van der Waals surface area contributed by atoms with Crippen LogP contribution in [0.15, 0.2) is 77.8 Å². The third kappa shape index (κ3) is 4.88. The fourth-order valence-electron chi connectivity index (χ4n) is 3.33. The van der Waals surface area contributed by atoms with Gasteiger partial charge in [-0.05, 0) is 30.4 Å². The molecular formula is C24H22N2O4S2. The maximum Gasteiger partial charge on any atom is 0.297 e. The number of nitrogens with zero attached hydrogens (tertiary/aromatic N) is 1. The largest absolute Gasteiger partial charge is 0.361 e. The van der Waals surface area contributed by atoms with Crippen molar-refractivity contribution in [3.05, 3.63) is 88.9 Å². The molecule has 6 nitrogen and oxygen atoms in total. The second-order valence-electron chi connectivity index (χ2n) is 7.21. The molecule has 1 aromatic heterocycles. The maximum absolute atomic E-state index is 12.7. The number of benzene rings is 3. The lowest BCUT2D eigenvalue weighted by atomic mass is 10.0. The van der Waals surface area contributed by atoms with Gasteiger partial charge in [0.25, 0.3) is 10.1 Å². The lowest BCUT2D eigenvalue weighted by molar-refractivity contribution is 0.104. The molecule has 0 bridgehead atoms. The van der Waals surface area contributed by atoms with Crippen molar-refractivity contribution in [3.63, 3.8) is 0 Å². The fraction of sp³-hybridized carbons (Fsp3) is 0.167. The van der Waals surface area contributed by atoms with Crippen molar-refractivity contribution in [3.8, 4) is 0 Å². The van der Waals surface area contributed by atoms with Gasteiger partial charge >= 0.3 is 0 Å². The Labute approximate surface area is 191 Å². The maximum atomic E-state index is 12.7. The zero-order valence-corrected chi connectivity index (χ0v) is 19.1. The van der Waals surface area contributed by atoms with Crippen LogP contribution in [0.2, 0.25) is 0 Å². The van der Waals surface area contributed by atoms with E-state index >= 15 is 0 Å². The second-order valence-corrected chi connectivity index (χ2v) is 9.82. The summed E-state index contributed by atoms with van der Waals surface area (Å²) in [6.45, 7) is 2.41. The van der Waals surface area contributed by atoms with Crippen molar-refractivity contribution in [2.45, 2.75) is 18.2 Å². The third-order valence-corrected chi connectivity index (χ3v) is 7.30. The normalized spacial score (nSPS) is 11.5. The van der Waals surface area contributed by atoms with E-state index in [-0.39, 0.29) is 17.3 Å². The molecule has 0 amide bonds. The highest BCUT2D eigenvalue weighted by Gasteiger charge is 2.18. The van der Waals surface area contributed by atoms with Crippen LogP contribution < -0.4 is 5.32 Å².